The first-order valence-corrected chi connectivity index (χ1v) is 11.3. The highest BCUT2D eigenvalue weighted by Crippen LogP contribution is 2.44. The summed E-state index contributed by atoms with van der Waals surface area (Å²) in [5.41, 5.74) is 5.65. The molecule has 1 N–H and O–H groups in total. The molecular weight excluding hydrogens is 399 g/mol. The Morgan fingerprint density at radius 3 is 1.73 bits per heavy atom. The van der Waals surface area contributed by atoms with Gasteiger partial charge >= 0.3 is 7.82 Å². The molecule has 0 bridgehead atoms. The standard InChI is InChI=1S/C24H27O5P/c1-17-5-11-22(12-6-17)28-30(25,26)29-23-13-9-20(10-14-23)7-8-21-15-18(2)24(27-4)19(3)16-21/h5-6,9-16H,7-8H2,1-4H3,(H,25,26). The highest BCUT2D eigenvalue weighted by molar-refractivity contribution is 7.48. The lowest BCUT2D eigenvalue weighted by molar-refractivity contribution is 0.291. The number of rotatable bonds is 8. The molecule has 1 atom stereocenters. The summed E-state index contributed by atoms with van der Waals surface area (Å²) in [5, 5.41) is 0. The second-order valence-electron chi connectivity index (χ2n) is 7.37. The largest absolute Gasteiger partial charge is 0.584 e. The van der Waals surface area contributed by atoms with E-state index in [4.69, 9.17) is 13.8 Å². The zero-order valence-corrected chi connectivity index (χ0v) is 18.6. The van der Waals surface area contributed by atoms with Crippen LogP contribution in [0.3, 0.4) is 0 Å². The molecule has 0 aliphatic rings. The molecule has 3 aromatic rings. The van der Waals surface area contributed by atoms with E-state index in [1.807, 2.05) is 32.9 Å². The molecule has 0 aliphatic carbocycles. The molecule has 0 fully saturated rings. The first-order chi connectivity index (χ1) is 14.3. The van der Waals surface area contributed by atoms with E-state index in [9.17, 15) is 9.46 Å². The minimum absolute atomic E-state index is 0.285. The molecule has 6 heteroatoms. The van der Waals surface area contributed by atoms with Crippen LogP contribution in [-0.4, -0.2) is 12.0 Å². The molecular formula is C24H27O5P. The second kappa shape index (κ2) is 9.38. The van der Waals surface area contributed by atoms with Gasteiger partial charge in [-0.25, -0.2) is 4.57 Å². The number of phosphoric acid groups is 1. The van der Waals surface area contributed by atoms with Crippen LogP contribution in [0.5, 0.6) is 17.2 Å². The van der Waals surface area contributed by atoms with Crippen LogP contribution in [0, 0.1) is 20.8 Å². The van der Waals surface area contributed by atoms with Crippen molar-refractivity contribution in [3.63, 3.8) is 0 Å². The van der Waals surface area contributed by atoms with Crippen molar-refractivity contribution in [2.75, 3.05) is 7.11 Å². The van der Waals surface area contributed by atoms with Crippen LogP contribution in [0.1, 0.15) is 27.8 Å². The van der Waals surface area contributed by atoms with E-state index in [2.05, 4.69) is 12.1 Å². The van der Waals surface area contributed by atoms with Gasteiger partial charge < -0.3 is 13.8 Å². The summed E-state index contributed by atoms with van der Waals surface area (Å²) in [5.74, 6) is 1.50. The van der Waals surface area contributed by atoms with E-state index >= 15 is 0 Å². The van der Waals surface area contributed by atoms with Crippen molar-refractivity contribution in [3.8, 4) is 17.2 Å². The average molecular weight is 426 g/mol. The Kier molecular flexibility index (Phi) is 6.86. The Labute approximate surface area is 177 Å². The molecule has 1 unspecified atom stereocenters. The third kappa shape index (κ3) is 5.88. The molecule has 0 heterocycles. The van der Waals surface area contributed by atoms with Crippen molar-refractivity contribution >= 4 is 7.82 Å². The van der Waals surface area contributed by atoms with Gasteiger partial charge in [0.1, 0.15) is 17.2 Å². The Bertz CT molecular complexity index is 1020. The van der Waals surface area contributed by atoms with Crippen molar-refractivity contribution < 1.29 is 23.2 Å². The van der Waals surface area contributed by atoms with Gasteiger partial charge in [-0.2, -0.15) is 0 Å². The number of hydrogen-bond donors (Lipinski definition) is 1. The molecule has 0 aromatic heterocycles. The predicted octanol–water partition coefficient (Wildman–Crippen LogP) is 5.96. The molecule has 0 saturated carbocycles. The second-order valence-corrected chi connectivity index (χ2v) is 8.67. The third-order valence-electron chi connectivity index (χ3n) is 4.81. The number of benzene rings is 3. The van der Waals surface area contributed by atoms with Crippen LogP contribution >= 0.6 is 7.82 Å². The Hall–Kier alpha value is -2.75. The van der Waals surface area contributed by atoms with Gasteiger partial charge in [0.15, 0.2) is 0 Å². The summed E-state index contributed by atoms with van der Waals surface area (Å²) >= 11 is 0. The lowest BCUT2D eigenvalue weighted by Gasteiger charge is -2.14. The molecule has 3 aromatic carbocycles. The monoisotopic (exact) mass is 426 g/mol. The molecule has 0 aliphatic heterocycles. The van der Waals surface area contributed by atoms with Crippen LogP contribution < -0.4 is 13.8 Å². The maximum absolute atomic E-state index is 12.3. The first-order valence-electron chi connectivity index (χ1n) is 9.77. The normalized spacial score (nSPS) is 12.8. The SMILES string of the molecule is COc1c(C)cc(CCc2ccc(OP(=O)(O)Oc3ccc(C)cc3)cc2)cc1C. The van der Waals surface area contributed by atoms with E-state index in [0.717, 1.165) is 40.8 Å². The van der Waals surface area contributed by atoms with Crippen LogP contribution in [-0.2, 0) is 17.4 Å². The topological polar surface area (TPSA) is 65.0 Å². The molecule has 0 saturated heterocycles. The van der Waals surface area contributed by atoms with E-state index in [1.54, 1.807) is 43.5 Å². The van der Waals surface area contributed by atoms with E-state index in [0.29, 0.717) is 0 Å². The van der Waals surface area contributed by atoms with Gasteiger partial charge in [0.05, 0.1) is 7.11 Å². The average Bonchev–Trinajstić information content (AvgIpc) is 2.68. The molecule has 30 heavy (non-hydrogen) atoms. The first kappa shape index (κ1) is 21.9. The van der Waals surface area contributed by atoms with Gasteiger partial charge in [-0.1, -0.05) is 42.0 Å². The summed E-state index contributed by atoms with van der Waals surface area (Å²) in [6.45, 7) is 6.03. The quantitative estimate of drug-likeness (QED) is 0.450. The van der Waals surface area contributed by atoms with E-state index in [1.165, 1.54) is 5.56 Å². The van der Waals surface area contributed by atoms with Crippen molar-refractivity contribution in [2.24, 2.45) is 0 Å². The highest BCUT2D eigenvalue weighted by Gasteiger charge is 2.25. The smallest absolute Gasteiger partial charge is 0.496 e. The van der Waals surface area contributed by atoms with Gasteiger partial charge in [-0.15, -0.1) is 0 Å². The predicted molar refractivity (Wildman–Crippen MR) is 119 cm³/mol. The zero-order chi connectivity index (χ0) is 21.7. The van der Waals surface area contributed by atoms with E-state index in [-0.39, 0.29) is 11.5 Å². The van der Waals surface area contributed by atoms with Crippen LogP contribution in [0.4, 0.5) is 0 Å². The Morgan fingerprint density at radius 1 is 0.767 bits per heavy atom. The van der Waals surface area contributed by atoms with Crippen LogP contribution in [0.15, 0.2) is 60.7 Å². The maximum Gasteiger partial charge on any atom is 0.584 e. The van der Waals surface area contributed by atoms with Gasteiger partial charge in [-0.05, 0) is 80.1 Å². The molecule has 0 radical (unpaired) electrons. The molecule has 3 rings (SSSR count). The lowest BCUT2D eigenvalue weighted by atomic mass is 10.00. The van der Waals surface area contributed by atoms with E-state index < -0.39 is 7.82 Å². The fourth-order valence-electron chi connectivity index (χ4n) is 3.40. The molecule has 5 nitrogen and oxygen atoms in total. The van der Waals surface area contributed by atoms with Crippen molar-refractivity contribution in [3.05, 3.63) is 88.5 Å². The number of phosphoric ester groups is 1. The number of aryl methyl sites for hydroxylation is 5. The minimum Gasteiger partial charge on any atom is -0.496 e. The van der Waals surface area contributed by atoms with Crippen LogP contribution in [0.2, 0.25) is 0 Å². The Balaban J connectivity index is 1.59. The number of methoxy groups -OCH3 is 1. The van der Waals surface area contributed by atoms with Gasteiger partial charge in [0.2, 0.25) is 0 Å². The van der Waals surface area contributed by atoms with Crippen molar-refractivity contribution in [1.29, 1.82) is 0 Å². The summed E-state index contributed by atoms with van der Waals surface area (Å²) in [6.07, 6.45) is 1.74. The summed E-state index contributed by atoms with van der Waals surface area (Å²) in [6, 6.07) is 18.3. The number of hydrogen-bond acceptors (Lipinski definition) is 4. The summed E-state index contributed by atoms with van der Waals surface area (Å²) < 4.78 is 28.0. The fourth-order valence-corrected chi connectivity index (χ4v) is 4.21. The molecule has 0 amide bonds. The third-order valence-corrected chi connectivity index (χ3v) is 5.70. The van der Waals surface area contributed by atoms with Gasteiger partial charge in [0.25, 0.3) is 0 Å². The minimum atomic E-state index is -4.26. The van der Waals surface area contributed by atoms with Gasteiger partial charge in [0, 0.05) is 0 Å². The molecule has 158 valence electrons. The Morgan fingerprint density at radius 2 is 1.23 bits per heavy atom. The zero-order valence-electron chi connectivity index (χ0n) is 17.7. The maximum atomic E-state index is 12.3. The van der Waals surface area contributed by atoms with Crippen LogP contribution in [0.25, 0.3) is 0 Å². The highest BCUT2D eigenvalue weighted by atomic mass is 31.2. The van der Waals surface area contributed by atoms with Crippen molar-refractivity contribution in [2.45, 2.75) is 33.6 Å². The van der Waals surface area contributed by atoms with Crippen molar-refractivity contribution in [1.82, 2.24) is 0 Å². The molecule has 0 spiro atoms. The summed E-state index contributed by atoms with van der Waals surface area (Å²) in [7, 11) is -2.57. The fraction of sp³-hybridized carbons (Fsp3) is 0.250. The lowest BCUT2D eigenvalue weighted by Crippen LogP contribution is -2.00. The summed E-state index contributed by atoms with van der Waals surface area (Å²) in [4.78, 5) is 10.0. The van der Waals surface area contributed by atoms with Gasteiger partial charge in [-0.3, -0.25) is 4.89 Å². The number of ether oxygens (including phenoxy) is 1.